The van der Waals surface area contributed by atoms with Gasteiger partial charge < -0.3 is 0 Å². The van der Waals surface area contributed by atoms with Crippen molar-refractivity contribution in [2.24, 2.45) is 7.05 Å². The van der Waals surface area contributed by atoms with Gasteiger partial charge in [0.25, 0.3) is 0 Å². The van der Waals surface area contributed by atoms with Crippen molar-refractivity contribution in [2.45, 2.75) is 6.92 Å². The van der Waals surface area contributed by atoms with Gasteiger partial charge in [-0.15, -0.1) is 0 Å². The van der Waals surface area contributed by atoms with E-state index < -0.39 is 0 Å². The monoisotopic (exact) mass is 290 g/mol. The van der Waals surface area contributed by atoms with Crippen molar-refractivity contribution in [2.75, 3.05) is 0 Å². The van der Waals surface area contributed by atoms with Crippen LogP contribution in [0.3, 0.4) is 0 Å². The molecule has 0 aliphatic heterocycles. The molecule has 6 nitrogen and oxygen atoms in total. The van der Waals surface area contributed by atoms with E-state index in [1.54, 1.807) is 15.7 Å². The SMILES string of the molecule is Cc1cc(-c2cnn(C)c2)nc2cc(-n3cncn3)ccc12. The van der Waals surface area contributed by atoms with Crippen LogP contribution < -0.4 is 0 Å². The van der Waals surface area contributed by atoms with Crippen molar-refractivity contribution in [3.8, 4) is 16.9 Å². The lowest BCUT2D eigenvalue weighted by Crippen LogP contribution is -1.95. The molecule has 4 aromatic rings. The summed E-state index contributed by atoms with van der Waals surface area (Å²) >= 11 is 0. The van der Waals surface area contributed by atoms with Crippen LogP contribution in [0, 0.1) is 6.92 Å². The van der Waals surface area contributed by atoms with E-state index >= 15 is 0 Å². The van der Waals surface area contributed by atoms with Crippen LogP contribution in [0.15, 0.2) is 49.3 Å². The summed E-state index contributed by atoms with van der Waals surface area (Å²) in [5.41, 5.74) is 5.01. The van der Waals surface area contributed by atoms with Crippen LogP contribution in [0.1, 0.15) is 5.56 Å². The van der Waals surface area contributed by atoms with Gasteiger partial charge in [-0.3, -0.25) is 4.68 Å². The van der Waals surface area contributed by atoms with Crippen LogP contribution in [0.5, 0.6) is 0 Å². The van der Waals surface area contributed by atoms with E-state index in [-0.39, 0.29) is 0 Å². The molecule has 0 fully saturated rings. The maximum atomic E-state index is 4.78. The molecular weight excluding hydrogens is 276 g/mol. The molecule has 0 spiro atoms. The zero-order valence-electron chi connectivity index (χ0n) is 12.3. The van der Waals surface area contributed by atoms with Crippen molar-refractivity contribution >= 4 is 10.9 Å². The fourth-order valence-corrected chi connectivity index (χ4v) is 2.58. The van der Waals surface area contributed by atoms with Crippen molar-refractivity contribution in [1.29, 1.82) is 0 Å². The topological polar surface area (TPSA) is 61.4 Å². The number of fused-ring (bicyclic) bond motifs is 1. The first-order valence-corrected chi connectivity index (χ1v) is 6.96. The summed E-state index contributed by atoms with van der Waals surface area (Å²) in [4.78, 5) is 8.76. The Morgan fingerprint density at radius 3 is 2.73 bits per heavy atom. The van der Waals surface area contributed by atoms with Crippen LogP contribution in [0.4, 0.5) is 0 Å². The summed E-state index contributed by atoms with van der Waals surface area (Å²) in [6.45, 7) is 2.10. The second-order valence-corrected chi connectivity index (χ2v) is 5.27. The molecule has 0 radical (unpaired) electrons. The zero-order chi connectivity index (χ0) is 15.1. The van der Waals surface area contributed by atoms with Gasteiger partial charge in [0.05, 0.1) is 23.1 Å². The Bertz CT molecular complexity index is 952. The van der Waals surface area contributed by atoms with Crippen LogP contribution in [-0.2, 0) is 7.05 Å². The molecule has 3 heterocycles. The van der Waals surface area contributed by atoms with Crippen molar-refractivity contribution in [3.05, 3.63) is 54.9 Å². The van der Waals surface area contributed by atoms with E-state index in [0.717, 1.165) is 27.8 Å². The molecular formula is C16H14N6. The van der Waals surface area contributed by atoms with E-state index in [1.165, 1.54) is 11.9 Å². The quantitative estimate of drug-likeness (QED) is 0.569. The normalized spacial score (nSPS) is 11.2. The first-order valence-electron chi connectivity index (χ1n) is 6.96. The smallest absolute Gasteiger partial charge is 0.138 e. The number of benzene rings is 1. The van der Waals surface area contributed by atoms with E-state index in [1.807, 2.05) is 31.6 Å². The third-order valence-electron chi connectivity index (χ3n) is 3.68. The van der Waals surface area contributed by atoms with Gasteiger partial charge in [0.15, 0.2) is 0 Å². The highest BCUT2D eigenvalue weighted by Gasteiger charge is 2.08. The Kier molecular flexibility index (Phi) is 2.75. The van der Waals surface area contributed by atoms with Gasteiger partial charge in [-0.05, 0) is 30.7 Å². The average Bonchev–Trinajstić information content (AvgIpc) is 3.18. The number of hydrogen-bond acceptors (Lipinski definition) is 4. The van der Waals surface area contributed by atoms with Crippen molar-refractivity contribution < 1.29 is 0 Å². The number of pyridine rings is 1. The summed E-state index contributed by atoms with van der Waals surface area (Å²) in [6.07, 6.45) is 7.00. The summed E-state index contributed by atoms with van der Waals surface area (Å²) < 4.78 is 3.51. The highest BCUT2D eigenvalue weighted by atomic mass is 15.3. The highest BCUT2D eigenvalue weighted by molar-refractivity contribution is 5.86. The molecule has 0 N–H and O–H groups in total. The number of aromatic nitrogens is 6. The molecule has 0 unspecified atom stereocenters. The molecule has 0 atom stereocenters. The lowest BCUT2D eigenvalue weighted by molar-refractivity contribution is 0.768. The van der Waals surface area contributed by atoms with Crippen LogP contribution in [-0.4, -0.2) is 29.5 Å². The Morgan fingerprint density at radius 1 is 1.09 bits per heavy atom. The second-order valence-electron chi connectivity index (χ2n) is 5.27. The Balaban J connectivity index is 1.91. The first-order chi connectivity index (χ1) is 10.7. The predicted octanol–water partition coefficient (Wildman–Crippen LogP) is 2.52. The molecule has 22 heavy (non-hydrogen) atoms. The molecule has 0 amide bonds. The van der Waals surface area contributed by atoms with Gasteiger partial charge in [-0.1, -0.05) is 6.07 Å². The third kappa shape index (κ3) is 2.05. The molecule has 0 aliphatic rings. The highest BCUT2D eigenvalue weighted by Crippen LogP contribution is 2.25. The average molecular weight is 290 g/mol. The largest absolute Gasteiger partial charge is 0.275 e. The lowest BCUT2D eigenvalue weighted by atomic mass is 10.1. The Hall–Kier alpha value is -3.02. The van der Waals surface area contributed by atoms with Gasteiger partial charge in [-0.2, -0.15) is 10.2 Å². The Morgan fingerprint density at radius 2 is 2.00 bits per heavy atom. The number of rotatable bonds is 2. The maximum Gasteiger partial charge on any atom is 0.138 e. The number of hydrogen-bond donors (Lipinski definition) is 0. The van der Waals surface area contributed by atoms with E-state index in [9.17, 15) is 0 Å². The van der Waals surface area contributed by atoms with Gasteiger partial charge >= 0.3 is 0 Å². The first kappa shape index (κ1) is 12.7. The molecule has 3 aromatic heterocycles. The minimum atomic E-state index is 0.925. The predicted molar refractivity (Wildman–Crippen MR) is 83.6 cm³/mol. The number of aryl methyl sites for hydroxylation is 2. The molecule has 0 bridgehead atoms. The van der Waals surface area contributed by atoms with E-state index in [4.69, 9.17) is 4.98 Å². The molecule has 108 valence electrons. The summed E-state index contributed by atoms with van der Waals surface area (Å²) in [5.74, 6) is 0. The maximum absolute atomic E-state index is 4.78. The van der Waals surface area contributed by atoms with Crippen LogP contribution >= 0.6 is 0 Å². The minimum absolute atomic E-state index is 0.925. The molecule has 0 aliphatic carbocycles. The van der Waals surface area contributed by atoms with Crippen LogP contribution in [0.2, 0.25) is 0 Å². The van der Waals surface area contributed by atoms with Crippen LogP contribution in [0.25, 0.3) is 27.8 Å². The summed E-state index contributed by atoms with van der Waals surface area (Å²) in [5, 5.41) is 9.51. The van der Waals surface area contributed by atoms with Gasteiger partial charge in [0, 0.05) is 24.2 Å². The summed E-state index contributed by atoms with van der Waals surface area (Å²) in [6, 6.07) is 8.21. The minimum Gasteiger partial charge on any atom is -0.275 e. The third-order valence-corrected chi connectivity index (χ3v) is 3.68. The molecule has 4 rings (SSSR count). The molecule has 0 saturated heterocycles. The summed E-state index contributed by atoms with van der Waals surface area (Å²) in [7, 11) is 1.90. The zero-order valence-corrected chi connectivity index (χ0v) is 12.3. The van der Waals surface area contributed by atoms with Crippen molar-refractivity contribution in [1.82, 2.24) is 29.5 Å². The fraction of sp³-hybridized carbons (Fsp3) is 0.125. The molecule has 0 saturated carbocycles. The van der Waals surface area contributed by atoms with Gasteiger partial charge in [0.1, 0.15) is 12.7 Å². The Labute approximate surface area is 127 Å². The van der Waals surface area contributed by atoms with Gasteiger partial charge in [0.2, 0.25) is 0 Å². The fourth-order valence-electron chi connectivity index (χ4n) is 2.58. The number of nitrogens with zero attached hydrogens (tertiary/aromatic N) is 6. The standard InChI is InChI=1S/C16H14N6/c1-11-5-15(12-7-18-21(2)8-12)20-16-6-13(3-4-14(11)16)22-10-17-9-19-22/h3-10H,1-2H3. The van der Waals surface area contributed by atoms with Gasteiger partial charge in [-0.25, -0.2) is 14.6 Å². The van der Waals surface area contributed by atoms with E-state index in [0.29, 0.717) is 0 Å². The van der Waals surface area contributed by atoms with Crippen molar-refractivity contribution in [3.63, 3.8) is 0 Å². The molecule has 1 aromatic carbocycles. The second kappa shape index (κ2) is 4.77. The lowest BCUT2D eigenvalue weighted by Gasteiger charge is -2.07. The molecule has 6 heteroatoms. The van der Waals surface area contributed by atoms with E-state index in [2.05, 4.69) is 34.2 Å².